The average molecular weight is 524 g/mol. The molecule has 2 fully saturated rings. The van der Waals surface area contributed by atoms with E-state index in [0.29, 0.717) is 31.5 Å². The van der Waals surface area contributed by atoms with Gasteiger partial charge in [-0.25, -0.2) is 4.39 Å². The molecule has 1 aliphatic heterocycles. The van der Waals surface area contributed by atoms with E-state index in [1.165, 1.54) is 25.3 Å². The number of carbonyl (C=O) groups is 2. The van der Waals surface area contributed by atoms with Crippen LogP contribution in [0.25, 0.3) is 0 Å². The molecule has 1 aliphatic carbocycles. The van der Waals surface area contributed by atoms with E-state index in [-0.39, 0.29) is 29.9 Å². The second kappa shape index (κ2) is 10.7. The van der Waals surface area contributed by atoms with Crippen molar-refractivity contribution in [3.05, 3.63) is 65.0 Å². The highest BCUT2D eigenvalue weighted by atomic mass is 19.4. The number of hydrogen-bond donors (Lipinski definition) is 3. The van der Waals surface area contributed by atoms with Gasteiger partial charge in [0.05, 0.1) is 30.9 Å². The molecule has 37 heavy (non-hydrogen) atoms. The van der Waals surface area contributed by atoms with Gasteiger partial charge in [-0.05, 0) is 61.6 Å². The SMILES string of the molecule is COc1ccc(C2(O)CCC(N3CC(NC(=O)CNC(=O)c4cccc(C(F)(F)F)c4)C3)CC2)cc1F. The van der Waals surface area contributed by atoms with Crippen molar-refractivity contribution in [2.45, 2.75) is 49.5 Å². The van der Waals surface area contributed by atoms with Crippen LogP contribution in [0.15, 0.2) is 42.5 Å². The lowest BCUT2D eigenvalue weighted by Gasteiger charge is -2.48. The van der Waals surface area contributed by atoms with Crippen molar-refractivity contribution in [3.63, 3.8) is 0 Å². The van der Waals surface area contributed by atoms with Gasteiger partial charge in [0, 0.05) is 24.7 Å². The molecule has 7 nitrogen and oxygen atoms in total. The first-order chi connectivity index (χ1) is 17.5. The zero-order chi connectivity index (χ0) is 26.8. The monoisotopic (exact) mass is 523 g/mol. The molecule has 1 saturated carbocycles. The summed E-state index contributed by atoms with van der Waals surface area (Å²) in [5.74, 6) is -1.57. The average Bonchev–Trinajstić information content (AvgIpc) is 2.84. The van der Waals surface area contributed by atoms with Gasteiger partial charge in [-0.1, -0.05) is 12.1 Å². The molecule has 4 rings (SSSR count). The van der Waals surface area contributed by atoms with Crippen molar-refractivity contribution in [1.82, 2.24) is 15.5 Å². The van der Waals surface area contributed by atoms with Crippen molar-refractivity contribution in [2.24, 2.45) is 0 Å². The van der Waals surface area contributed by atoms with E-state index in [0.717, 1.165) is 31.0 Å². The molecule has 11 heteroatoms. The quantitative estimate of drug-likeness (QED) is 0.485. The minimum atomic E-state index is -4.56. The Morgan fingerprint density at radius 3 is 2.46 bits per heavy atom. The fourth-order valence-electron chi connectivity index (χ4n) is 4.97. The fraction of sp³-hybridized carbons (Fsp3) is 0.462. The molecule has 1 heterocycles. The zero-order valence-corrected chi connectivity index (χ0v) is 20.3. The predicted molar refractivity (Wildman–Crippen MR) is 126 cm³/mol. The Morgan fingerprint density at radius 2 is 1.84 bits per heavy atom. The molecular weight excluding hydrogens is 494 g/mol. The number of nitrogens with zero attached hydrogens (tertiary/aromatic N) is 1. The van der Waals surface area contributed by atoms with Crippen LogP contribution >= 0.6 is 0 Å². The maximum Gasteiger partial charge on any atom is 0.416 e. The van der Waals surface area contributed by atoms with Gasteiger partial charge in [-0.2, -0.15) is 13.2 Å². The lowest BCUT2D eigenvalue weighted by Crippen LogP contribution is -2.63. The Hall–Kier alpha value is -3.18. The number of carbonyl (C=O) groups excluding carboxylic acids is 2. The molecule has 0 spiro atoms. The van der Waals surface area contributed by atoms with E-state index in [1.54, 1.807) is 6.07 Å². The number of nitrogens with one attached hydrogen (secondary N) is 2. The number of ether oxygens (including phenoxy) is 1. The van der Waals surface area contributed by atoms with Crippen molar-refractivity contribution >= 4 is 11.8 Å². The molecule has 0 unspecified atom stereocenters. The number of rotatable bonds is 7. The van der Waals surface area contributed by atoms with Gasteiger partial charge in [0.1, 0.15) is 0 Å². The lowest BCUT2D eigenvalue weighted by molar-refractivity contribution is -0.137. The molecule has 0 atom stereocenters. The van der Waals surface area contributed by atoms with E-state index in [4.69, 9.17) is 4.74 Å². The minimum Gasteiger partial charge on any atom is -0.494 e. The third-order valence-corrected chi connectivity index (χ3v) is 7.12. The number of hydrogen-bond acceptors (Lipinski definition) is 5. The molecule has 2 amide bonds. The van der Waals surface area contributed by atoms with Gasteiger partial charge in [0.2, 0.25) is 5.91 Å². The highest BCUT2D eigenvalue weighted by Gasteiger charge is 2.40. The van der Waals surface area contributed by atoms with Crippen LogP contribution in [-0.2, 0) is 16.6 Å². The lowest BCUT2D eigenvalue weighted by atomic mass is 9.76. The molecule has 1 saturated heterocycles. The Morgan fingerprint density at radius 1 is 1.14 bits per heavy atom. The second-order valence-corrected chi connectivity index (χ2v) is 9.59. The van der Waals surface area contributed by atoms with Crippen LogP contribution in [-0.4, -0.2) is 60.6 Å². The third kappa shape index (κ3) is 6.22. The van der Waals surface area contributed by atoms with Crippen LogP contribution in [0, 0.1) is 5.82 Å². The van der Waals surface area contributed by atoms with Crippen molar-refractivity contribution < 1.29 is 37.0 Å². The number of halogens is 4. The maximum absolute atomic E-state index is 14.1. The molecule has 0 radical (unpaired) electrons. The number of likely N-dealkylation sites (tertiary alicyclic amines) is 1. The Kier molecular flexibility index (Phi) is 7.75. The number of benzene rings is 2. The number of amides is 2. The van der Waals surface area contributed by atoms with E-state index >= 15 is 0 Å². The molecule has 0 bridgehead atoms. The molecule has 0 aromatic heterocycles. The summed E-state index contributed by atoms with van der Waals surface area (Å²) in [4.78, 5) is 26.6. The van der Waals surface area contributed by atoms with Crippen LogP contribution in [0.1, 0.15) is 47.2 Å². The molecular formula is C26H29F4N3O4. The molecule has 2 aromatic carbocycles. The maximum atomic E-state index is 14.1. The van der Waals surface area contributed by atoms with E-state index < -0.39 is 35.0 Å². The van der Waals surface area contributed by atoms with Crippen LogP contribution < -0.4 is 15.4 Å². The van der Waals surface area contributed by atoms with Crippen molar-refractivity contribution in [1.29, 1.82) is 0 Å². The predicted octanol–water partition coefficient (Wildman–Crippen LogP) is 3.21. The third-order valence-electron chi connectivity index (χ3n) is 7.12. The van der Waals surface area contributed by atoms with Gasteiger partial charge >= 0.3 is 6.18 Å². The highest BCUT2D eigenvalue weighted by molar-refractivity contribution is 5.96. The normalized spacial score (nSPS) is 22.7. The first-order valence-corrected chi connectivity index (χ1v) is 12.0. The van der Waals surface area contributed by atoms with Gasteiger partial charge in [0.25, 0.3) is 5.91 Å². The number of alkyl halides is 3. The summed E-state index contributed by atoms with van der Waals surface area (Å²) in [5.41, 5.74) is -1.67. The van der Waals surface area contributed by atoms with Gasteiger partial charge < -0.3 is 20.5 Å². The van der Waals surface area contributed by atoms with Crippen LogP contribution in [0.5, 0.6) is 5.75 Å². The van der Waals surface area contributed by atoms with E-state index in [9.17, 15) is 32.3 Å². The topological polar surface area (TPSA) is 90.9 Å². The van der Waals surface area contributed by atoms with Crippen molar-refractivity contribution in [2.75, 3.05) is 26.7 Å². The largest absolute Gasteiger partial charge is 0.494 e. The molecule has 3 N–H and O–H groups in total. The molecule has 2 aromatic rings. The first-order valence-electron chi connectivity index (χ1n) is 12.0. The Labute approximate surface area is 211 Å². The fourth-order valence-corrected chi connectivity index (χ4v) is 4.97. The summed E-state index contributed by atoms with van der Waals surface area (Å²) in [5, 5.41) is 16.2. The standard InChI is InChI=1S/C26H29F4N3O4/c1-37-22-6-5-17(12-21(22)27)25(36)9-7-20(8-10-25)33-14-19(15-33)32-23(34)13-31-24(35)16-3-2-4-18(11-16)26(28,29)30/h2-6,11-12,19-20,36H,7-10,13-15H2,1H3,(H,31,35)(H,32,34). The van der Waals surface area contributed by atoms with E-state index in [1.807, 2.05) is 0 Å². The summed E-state index contributed by atoms with van der Waals surface area (Å²) in [6.45, 7) is 0.890. The Balaban J connectivity index is 1.19. The van der Waals surface area contributed by atoms with Gasteiger partial charge in [-0.15, -0.1) is 0 Å². The van der Waals surface area contributed by atoms with E-state index in [2.05, 4.69) is 15.5 Å². The van der Waals surface area contributed by atoms with Crippen LogP contribution in [0.3, 0.4) is 0 Å². The smallest absolute Gasteiger partial charge is 0.416 e. The minimum absolute atomic E-state index is 0.102. The highest BCUT2D eigenvalue weighted by Crippen LogP contribution is 2.40. The summed E-state index contributed by atoms with van der Waals surface area (Å²) in [6, 6.07) is 8.66. The van der Waals surface area contributed by atoms with Crippen LogP contribution in [0.2, 0.25) is 0 Å². The van der Waals surface area contributed by atoms with Crippen LogP contribution in [0.4, 0.5) is 17.6 Å². The van der Waals surface area contributed by atoms with Crippen molar-refractivity contribution in [3.8, 4) is 5.75 Å². The molecule has 200 valence electrons. The first kappa shape index (κ1) is 26.9. The molecule has 2 aliphatic rings. The van der Waals surface area contributed by atoms with Gasteiger partial charge in [0.15, 0.2) is 11.6 Å². The summed E-state index contributed by atoms with van der Waals surface area (Å²) in [7, 11) is 1.39. The summed E-state index contributed by atoms with van der Waals surface area (Å²) >= 11 is 0. The zero-order valence-electron chi connectivity index (χ0n) is 20.3. The summed E-state index contributed by atoms with van der Waals surface area (Å²) < 4.78 is 57.5. The number of aliphatic hydroxyl groups is 1. The van der Waals surface area contributed by atoms with Gasteiger partial charge in [-0.3, -0.25) is 14.5 Å². The second-order valence-electron chi connectivity index (χ2n) is 9.59. The number of methoxy groups -OCH3 is 1. The Bertz CT molecular complexity index is 1140. The summed E-state index contributed by atoms with van der Waals surface area (Å²) in [6.07, 6.45) is -2.15.